The number of carbonyl (C=O) groups excluding carboxylic acids is 2. The van der Waals surface area contributed by atoms with E-state index in [2.05, 4.69) is 21.2 Å². The lowest BCUT2D eigenvalue weighted by Gasteiger charge is -2.34. The normalized spacial score (nSPS) is 13.2. The summed E-state index contributed by atoms with van der Waals surface area (Å²) in [7, 11) is -4.20. The SMILES string of the molecule is CC[C@@H](C)NC(=O)[C@H](Cc1ccccc1)N(Cc1ccc(Br)cc1)C(=O)CN(c1cccc(C(F)(F)F)c1)S(C)(=O)=O. The second kappa shape index (κ2) is 14.2. The minimum Gasteiger partial charge on any atom is -0.352 e. The maximum absolute atomic E-state index is 14.0. The van der Waals surface area contributed by atoms with Crippen LogP contribution in [0.3, 0.4) is 0 Å². The summed E-state index contributed by atoms with van der Waals surface area (Å²) in [6.45, 7) is 2.88. The first-order chi connectivity index (χ1) is 19.7. The third-order valence-electron chi connectivity index (χ3n) is 6.68. The average Bonchev–Trinajstić information content (AvgIpc) is 2.93. The maximum atomic E-state index is 14.0. The number of hydrogen-bond acceptors (Lipinski definition) is 4. The van der Waals surface area contributed by atoms with Gasteiger partial charge in [-0.3, -0.25) is 13.9 Å². The zero-order valence-electron chi connectivity index (χ0n) is 23.4. The molecule has 7 nitrogen and oxygen atoms in total. The molecule has 2 amide bonds. The monoisotopic (exact) mass is 667 g/mol. The van der Waals surface area contributed by atoms with Gasteiger partial charge in [-0.1, -0.05) is 71.4 Å². The first kappa shape index (κ1) is 33.1. The Balaban J connectivity index is 2.08. The molecule has 0 saturated carbocycles. The predicted octanol–water partition coefficient (Wildman–Crippen LogP) is 5.79. The molecule has 0 aliphatic rings. The smallest absolute Gasteiger partial charge is 0.352 e. The van der Waals surface area contributed by atoms with Gasteiger partial charge < -0.3 is 10.2 Å². The number of alkyl halides is 3. The molecule has 226 valence electrons. The van der Waals surface area contributed by atoms with Crippen molar-refractivity contribution < 1.29 is 31.2 Å². The van der Waals surface area contributed by atoms with Gasteiger partial charge in [-0.05, 0) is 54.8 Å². The molecule has 2 atom stereocenters. The second-order valence-electron chi connectivity index (χ2n) is 9.99. The summed E-state index contributed by atoms with van der Waals surface area (Å²) in [6, 6.07) is 18.7. The number of halogens is 4. The van der Waals surface area contributed by atoms with E-state index in [1.54, 1.807) is 36.4 Å². The van der Waals surface area contributed by atoms with Crippen molar-refractivity contribution in [1.82, 2.24) is 10.2 Å². The fourth-order valence-electron chi connectivity index (χ4n) is 4.23. The fourth-order valence-corrected chi connectivity index (χ4v) is 5.34. The van der Waals surface area contributed by atoms with Crippen LogP contribution in [0.5, 0.6) is 0 Å². The molecule has 0 aromatic heterocycles. The zero-order chi connectivity index (χ0) is 31.1. The Bertz CT molecular complexity index is 1470. The van der Waals surface area contributed by atoms with Crippen LogP contribution in [0.15, 0.2) is 83.3 Å². The molecule has 0 aliphatic carbocycles. The fraction of sp³-hybridized carbons (Fsp3) is 0.333. The number of rotatable bonds is 12. The molecule has 3 rings (SSSR count). The highest BCUT2D eigenvalue weighted by Crippen LogP contribution is 2.32. The molecule has 0 aliphatic heterocycles. The number of nitrogens with zero attached hydrogens (tertiary/aromatic N) is 2. The van der Waals surface area contributed by atoms with Crippen molar-refractivity contribution in [1.29, 1.82) is 0 Å². The predicted molar refractivity (Wildman–Crippen MR) is 160 cm³/mol. The second-order valence-corrected chi connectivity index (χ2v) is 12.8. The average molecular weight is 669 g/mol. The Morgan fingerprint density at radius 3 is 2.17 bits per heavy atom. The van der Waals surface area contributed by atoms with Crippen molar-refractivity contribution in [2.45, 2.75) is 51.5 Å². The quantitative estimate of drug-likeness (QED) is 0.265. The summed E-state index contributed by atoms with van der Waals surface area (Å²) in [5.41, 5.74) is 0.0785. The van der Waals surface area contributed by atoms with E-state index in [4.69, 9.17) is 0 Å². The number of sulfonamides is 1. The zero-order valence-corrected chi connectivity index (χ0v) is 25.8. The van der Waals surface area contributed by atoms with E-state index in [9.17, 15) is 31.2 Å². The lowest BCUT2D eigenvalue weighted by molar-refractivity contribution is -0.140. The molecule has 42 heavy (non-hydrogen) atoms. The van der Waals surface area contributed by atoms with E-state index < -0.39 is 46.2 Å². The Labute approximate surface area is 252 Å². The van der Waals surface area contributed by atoms with Gasteiger partial charge in [-0.2, -0.15) is 13.2 Å². The van der Waals surface area contributed by atoms with Crippen molar-refractivity contribution in [3.8, 4) is 0 Å². The van der Waals surface area contributed by atoms with Gasteiger partial charge in [0.05, 0.1) is 17.5 Å². The number of nitrogens with one attached hydrogen (secondary N) is 1. The number of hydrogen-bond donors (Lipinski definition) is 1. The van der Waals surface area contributed by atoms with Gasteiger partial charge in [-0.15, -0.1) is 0 Å². The third-order valence-corrected chi connectivity index (χ3v) is 8.35. The van der Waals surface area contributed by atoms with Crippen LogP contribution in [0.2, 0.25) is 0 Å². The largest absolute Gasteiger partial charge is 0.416 e. The topological polar surface area (TPSA) is 86.8 Å². The van der Waals surface area contributed by atoms with Crippen LogP contribution in [-0.4, -0.2) is 50.0 Å². The Kier molecular flexibility index (Phi) is 11.2. The Morgan fingerprint density at radius 1 is 0.952 bits per heavy atom. The Hall–Kier alpha value is -3.38. The van der Waals surface area contributed by atoms with Gasteiger partial charge >= 0.3 is 6.18 Å². The molecule has 0 spiro atoms. The van der Waals surface area contributed by atoms with Crippen LogP contribution in [0.1, 0.15) is 37.0 Å². The van der Waals surface area contributed by atoms with Crippen molar-refractivity contribution in [3.63, 3.8) is 0 Å². The summed E-state index contributed by atoms with van der Waals surface area (Å²) < 4.78 is 67.4. The molecule has 0 heterocycles. The molecular formula is C30H33BrF3N3O4S. The standard InChI is InChI=1S/C30H33BrF3N3O4S/c1-4-21(2)35-29(39)27(17-22-9-6-5-7-10-22)36(19-23-13-15-25(31)16-14-23)28(38)20-37(42(3,40)41)26-12-8-11-24(18-26)30(32,33)34/h5-16,18,21,27H,4,17,19-20H2,1-3H3,(H,35,39)/t21-,27+/m1/s1. The van der Waals surface area contributed by atoms with Gasteiger partial charge in [0, 0.05) is 23.5 Å². The first-order valence-corrected chi connectivity index (χ1v) is 15.9. The minimum atomic E-state index is -4.72. The highest BCUT2D eigenvalue weighted by Gasteiger charge is 2.35. The van der Waals surface area contributed by atoms with Gasteiger partial charge in [0.2, 0.25) is 21.8 Å². The van der Waals surface area contributed by atoms with Gasteiger partial charge in [-0.25, -0.2) is 8.42 Å². The molecular weight excluding hydrogens is 635 g/mol. The van der Waals surface area contributed by atoms with Crippen LogP contribution in [0, 0.1) is 0 Å². The van der Waals surface area contributed by atoms with E-state index in [0.29, 0.717) is 22.4 Å². The van der Waals surface area contributed by atoms with Crippen molar-refractivity contribution in [2.24, 2.45) is 0 Å². The maximum Gasteiger partial charge on any atom is 0.416 e. The molecule has 0 fully saturated rings. The summed E-state index contributed by atoms with van der Waals surface area (Å²) >= 11 is 3.37. The van der Waals surface area contributed by atoms with Gasteiger partial charge in [0.25, 0.3) is 0 Å². The van der Waals surface area contributed by atoms with E-state index >= 15 is 0 Å². The summed E-state index contributed by atoms with van der Waals surface area (Å²) in [5.74, 6) is -1.18. The van der Waals surface area contributed by atoms with Crippen LogP contribution in [0.4, 0.5) is 18.9 Å². The molecule has 0 unspecified atom stereocenters. The molecule has 0 bridgehead atoms. The van der Waals surface area contributed by atoms with E-state index in [-0.39, 0.29) is 24.7 Å². The highest BCUT2D eigenvalue weighted by molar-refractivity contribution is 9.10. The van der Waals surface area contributed by atoms with Gasteiger partial charge in [0.15, 0.2) is 0 Å². The molecule has 0 radical (unpaired) electrons. The van der Waals surface area contributed by atoms with Crippen LogP contribution in [-0.2, 0) is 38.8 Å². The lowest BCUT2D eigenvalue weighted by atomic mass is 10.0. The number of anilines is 1. The molecule has 0 saturated heterocycles. The Morgan fingerprint density at radius 2 is 1.60 bits per heavy atom. The van der Waals surface area contributed by atoms with Crippen LogP contribution < -0.4 is 9.62 Å². The first-order valence-electron chi connectivity index (χ1n) is 13.2. The molecule has 3 aromatic rings. The highest BCUT2D eigenvalue weighted by atomic mass is 79.9. The summed E-state index contributed by atoms with van der Waals surface area (Å²) in [5, 5.41) is 2.92. The van der Waals surface area contributed by atoms with E-state index in [1.165, 1.54) is 11.0 Å². The molecule has 12 heteroatoms. The van der Waals surface area contributed by atoms with E-state index in [0.717, 1.165) is 28.4 Å². The third kappa shape index (κ3) is 9.32. The summed E-state index contributed by atoms with van der Waals surface area (Å²) in [6.07, 6.45) is -3.13. The number of benzene rings is 3. The van der Waals surface area contributed by atoms with Gasteiger partial charge in [0.1, 0.15) is 12.6 Å². The lowest BCUT2D eigenvalue weighted by Crippen LogP contribution is -2.54. The molecule has 1 N–H and O–H groups in total. The number of amides is 2. The summed E-state index contributed by atoms with van der Waals surface area (Å²) in [4.78, 5) is 29.0. The molecule has 3 aromatic carbocycles. The minimum absolute atomic E-state index is 0.0439. The number of carbonyl (C=O) groups is 2. The van der Waals surface area contributed by atoms with Crippen molar-refractivity contribution >= 4 is 43.5 Å². The van der Waals surface area contributed by atoms with Crippen molar-refractivity contribution in [3.05, 3.63) is 100 Å². The van der Waals surface area contributed by atoms with Crippen LogP contribution in [0.25, 0.3) is 0 Å². The van der Waals surface area contributed by atoms with Crippen molar-refractivity contribution in [2.75, 3.05) is 17.1 Å². The van der Waals surface area contributed by atoms with E-state index in [1.807, 2.05) is 32.0 Å². The van der Waals surface area contributed by atoms with Crippen LogP contribution >= 0.6 is 15.9 Å².